The van der Waals surface area contributed by atoms with E-state index < -0.39 is 0 Å². The Bertz CT molecular complexity index is 602. The van der Waals surface area contributed by atoms with Gasteiger partial charge in [-0.25, -0.2) is 4.57 Å². The van der Waals surface area contributed by atoms with Gasteiger partial charge in [-0.3, -0.25) is 0 Å². The van der Waals surface area contributed by atoms with Crippen LogP contribution in [-0.4, -0.2) is 0 Å². The van der Waals surface area contributed by atoms with Crippen LogP contribution in [-0.2, 0) is 18.4 Å². The molecule has 0 saturated heterocycles. The van der Waals surface area contributed by atoms with E-state index in [1.54, 1.807) is 5.56 Å². The van der Waals surface area contributed by atoms with Crippen molar-refractivity contribution in [1.29, 1.82) is 0 Å². The molecule has 0 aliphatic carbocycles. The molecule has 0 amide bonds. The molecule has 2 heterocycles. The third-order valence-electron chi connectivity index (χ3n) is 4.51. The Morgan fingerprint density at radius 3 is 2.17 bits per heavy atom. The summed E-state index contributed by atoms with van der Waals surface area (Å²) in [5.41, 5.74) is 3.23. The van der Waals surface area contributed by atoms with Gasteiger partial charge in [0.05, 0.1) is 0 Å². The second kappa shape index (κ2) is 8.10. The van der Waals surface area contributed by atoms with Gasteiger partial charge >= 0.3 is 0 Å². The fourth-order valence-electron chi connectivity index (χ4n) is 3.00. The smallest absolute Gasteiger partial charge is 0.169 e. The Kier molecular flexibility index (Phi) is 6.41. The summed E-state index contributed by atoms with van der Waals surface area (Å²) >= 11 is 1.93. The minimum atomic E-state index is 0.247. The zero-order valence-electron chi connectivity index (χ0n) is 15.5. The van der Waals surface area contributed by atoms with Gasteiger partial charge in [0.25, 0.3) is 0 Å². The van der Waals surface area contributed by atoms with Gasteiger partial charge in [-0.2, -0.15) is 0 Å². The highest BCUT2D eigenvalue weighted by Gasteiger charge is 2.14. The molecular weight excluding hydrogens is 298 g/mol. The number of pyridine rings is 1. The normalized spacial score (nSPS) is 11.9. The molecule has 0 saturated carbocycles. The molecule has 0 fully saturated rings. The molecule has 2 aromatic rings. The first kappa shape index (κ1) is 18.2. The van der Waals surface area contributed by atoms with Crippen LogP contribution in [0.2, 0.25) is 0 Å². The first-order valence-electron chi connectivity index (χ1n) is 8.92. The fraction of sp³-hybridized carbons (Fsp3) is 0.571. The van der Waals surface area contributed by atoms with Crippen LogP contribution < -0.4 is 4.57 Å². The first-order chi connectivity index (χ1) is 10.9. The molecule has 0 atom stereocenters. The number of hydrogen-bond donors (Lipinski definition) is 0. The Labute approximate surface area is 146 Å². The van der Waals surface area contributed by atoms with Crippen molar-refractivity contribution in [3.63, 3.8) is 0 Å². The lowest BCUT2D eigenvalue weighted by Gasteiger charge is -2.17. The van der Waals surface area contributed by atoms with Gasteiger partial charge in [0.1, 0.15) is 6.54 Å². The van der Waals surface area contributed by atoms with Crippen molar-refractivity contribution in [2.75, 3.05) is 0 Å². The zero-order chi connectivity index (χ0) is 16.9. The summed E-state index contributed by atoms with van der Waals surface area (Å²) in [5.74, 6) is 0. The van der Waals surface area contributed by atoms with Gasteiger partial charge in [0.15, 0.2) is 12.4 Å². The van der Waals surface area contributed by atoms with Crippen LogP contribution in [0.25, 0.3) is 0 Å². The molecule has 126 valence electrons. The van der Waals surface area contributed by atoms with E-state index in [1.807, 2.05) is 11.3 Å². The quantitative estimate of drug-likeness (QED) is 0.449. The first-order valence-corrected chi connectivity index (χ1v) is 9.73. The summed E-state index contributed by atoms with van der Waals surface area (Å²) in [6, 6.07) is 6.90. The maximum absolute atomic E-state index is 2.37. The Morgan fingerprint density at radius 2 is 1.61 bits per heavy atom. The number of aryl methyl sites for hydroxylation is 4. The topological polar surface area (TPSA) is 3.88 Å². The highest BCUT2D eigenvalue weighted by atomic mass is 32.1. The minimum Gasteiger partial charge on any atom is -0.205 e. The third-order valence-corrected chi connectivity index (χ3v) is 5.52. The molecule has 0 unspecified atom stereocenters. The second-order valence-corrected chi connectivity index (χ2v) is 9.14. The standard InChI is InChI=1S/C21H32NS/c1-17-16-19(18(2)23-17)10-8-6-7-9-13-22-14-11-20(12-15-22)21(3,4)5/h11-12,14-16H,6-10,13H2,1-5H3/q+1. The van der Waals surface area contributed by atoms with Crippen molar-refractivity contribution in [1.82, 2.24) is 0 Å². The predicted octanol–water partition coefficient (Wildman–Crippen LogP) is 5.75. The van der Waals surface area contributed by atoms with E-state index in [1.165, 1.54) is 47.4 Å². The summed E-state index contributed by atoms with van der Waals surface area (Å²) in [7, 11) is 0. The van der Waals surface area contributed by atoms with E-state index in [4.69, 9.17) is 0 Å². The highest BCUT2D eigenvalue weighted by Crippen LogP contribution is 2.22. The minimum absolute atomic E-state index is 0.247. The van der Waals surface area contributed by atoms with Crippen LogP contribution in [0.4, 0.5) is 0 Å². The van der Waals surface area contributed by atoms with Gasteiger partial charge in [0, 0.05) is 28.3 Å². The van der Waals surface area contributed by atoms with E-state index in [-0.39, 0.29) is 5.41 Å². The molecule has 0 radical (unpaired) electrons. The summed E-state index contributed by atoms with van der Waals surface area (Å²) < 4.78 is 2.32. The molecule has 23 heavy (non-hydrogen) atoms. The van der Waals surface area contributed by atoms with E-state index in [0.29, 0.717) is 0 Å². The molecular formula is C21H32NS+. The monoisotopic (exact) mass is 330 g/mol. The largest absolute Gasteiger partial charge is 0.205 e. The van der Waals surface area contributed by atoms with Gasteiger partial charge in [0.2, 0.25) is 0 Å². The van der Waals surface area contributed by atoms with Gasteiger partial charge in [-0.05, 0) is 55.7 Å². The number of nitrogens with zero attached hydrogens (tertiary/aromatic N) is 1. The maximum Gasteiger partial charge on any atom is 0.169 e. The van der Waals surface area contributed by atoms with Crippen LogP contribution in [0.5, 0.6) is 0 Å². The molecule has 1 nitrogen and oxygen atoms in total. The number of rotatable bonds is 7. The Morgan fingerprint density at radius 1 is 0.957 bits per heavy atom. The van der Waals surface area contributed by atoms with E-state index in [0.717, 1.165) is 6.54 Å². The van der Waals surface area contributed by atoms with E-state index in [2.05, 4.69) is 69.8 Å². The summed E-state index contributed by atoms with van der Waals surface area (Å²) in [5, 5.41) is 0. The van der Waals surface area contributed by atoms with Crippen LogP contribution in [0.3, 0.4) is 0 Å². The van der Waals surface area contributed by atoms with Crippen molar-refractivity contribution in [3.05, 3.63) is 51.5 Å². The van der Waals surface area contributed by atoms with Crippen LogP contribution >= 0.6 is 11.3 Å². The van der Waals surface area contributed by atoms with Crippen molar-refractivity contribution in [3.8, 4) is 0 Å². The number of hydrogen-bond acceptors (Lipinski definition) is 1. The number of thiophene rings is 1. The molecule has 2 aromatic heterocycles. The lowest BCUT2D eigenvalue weighted by atomic mass is 9.88. The van der Waals surface area contributed by atoms with Crippen LogP contribution in [0.1, 0.15) is 67.3 Å². The number of aromatic nitrogens is 1. The van der Waals surface area contributed by atoms with E-state index >= 15 is 0 Å². The van der Waals surface area contributed by atoms with Gasteiger partial charge in [-0.1, -0.05) is 27.2 Å². The van der Waals surface area contributed by atoms with Crippen molar-refractivity contribution < 1.29 is 4.57 Å². The summed E-state index contributed by atoms with van der Waals surface area (Å²) in [6.07, 6.45) is 11.0. The summed E-state index contributed by atoms with van der Waals surface area (Å²) in [4.78, 5) is 2.96. The predicted molar refractivity (Wildman–Crippen MR) is 101 cm³/mol. The Balaban J connectivity index is 1.65. The fourth-order valence-corrected chi connectivity index (χ4v) is 3.98. The lowest BCUT2D eigenvalue weighted by Crippen LogP contribution is -2.33. The SMILES string of the molecule is Cc1cc(CCCCCC[n+]2ccc(C(C)(C)C)cc2)c(C)s1. The van der Waals surface area contributed by atoms with Gasteiger partial charge < -0.3 is 0 Å². The molecule has 2 rings (SSSR count). The second-order valence-electron chi connectivity index (χ2n) is 7.68. The summed E-state index contributed by atoms with van der Waals surface area (Å²) in [6.45, 7) is 12.4. The van der Waals surface area contributed by atoms with Crippen LogP contribution in [0.15, 0.2) is 30.6 Å². The zero-order valence-corrected chi connectivity index (χ0v) is 16.3. The van der Waals surface area contributed by atoms with Crippen LogP contribution in [0, 0.1) is 13.8 Å². The highest BCUT2D eigenvalue weighted by molar-refractivity contribution is 7.12. The molecule has 0 aliphatic rings. The molecule has 0 aliphatic heterocycles. The molecule has 0 spiro atoms. The molecule has 0 bridgehead atoms. The average Bonchev–Trinajstić information content (AvgIpc) is 2.80. The van der Waals surface area contributed by atoms with E-state index in [9.17, 15) is 0 Å². The number of unbranched alkanes of at least 4 members (excludes halogenated alkanes) is 3. The van der Waals surface area contributed by atoms with Crippen molar-refractivity contribution in [2.45, 2.75) is 78.7 Å². The average molecular weight is 331 g/mol. The van der Waals surface area contributed by atoms with Crippen molar-refractivity contribution >= 4 is 11.3 Å². The Hall–Kier alpha value is -1.15. The maximum atomic E-state index is 2.37. The molecule has 0 aromatic carbocycles. The van der Waals surface area contributed by atoms with Crippen molar-refractivity contribution in [2.24, 2.45) is 0 Å². The van der Waals surface area contributed by atoms with Gasteiger partial charge in [-0.15, -0.1) is 11.3 Å². The molecule has 2 heteroatoms. The molecule has 0 N–H and O–H groups in total. The third kappa shape index (κ3) is 5.76. The lowest BCUT2D eigenvalue weighted by molar-refractivity contribution is -0.697.